The first-order valence-corrected chi connectivity index (χ1v) is 9.75. The topological polar surface area (TPSA) is 89.1 Å². The number of aromatic nitrogens is 2. The Morgan fingerprint density at radius 1 is 1.05 bits per heavy atom. The van der Waals surface area contributed by atoms with Crippen LogP contribution in [0.3, 0.4) is 0 Å². The lowest BCUT2D eigenvalue weighted by Crippen LogP contribution is -2.32. The Balaban J connectivity index is 0.000000156. The van der Waals surface area contributed by atoms with Gasteiger partial charge >= 0.3 is 6.01 Å². The molecule has 3 N–H and O–H groups in total. The number of Topliss-reactive ketones (excluding diaryl/α,β-unsaturated/α-hetero) is 1. The van der Waals surface area contributed by atoms with Crippen LogP contribution in [-0.4, -0.2) is 29.1 Å². The molecule has 0 saturated heterocycles. The van der Waals surface area contributed by atoms with Crippen LogP contribution in [0.5, 0.6) is 6.01 Å². The van der Waals surface area contributed by atoms with Crippen molar-refractivity contribution in [3.05, 3.63) is 53.9 Å². The molecule has 0 amide bonds. The maximum atomic E-state index is 10.8. The van der Waals surface area contributed by atoms with Crippen LogP contribution in [0.1, 0.15) is 0 Å². The Morgan fingerprint density at radius 3 is 1.60 bits per heavy atom. The van der Waals surface area contributed by atoms with Crippen LogP contribution in [0.15, 0.2) is 53.9 Å². The third-order valence-corrected chi connectivity index (χ3v) is 1.96. The van der Waals surface area contributed by atoms with Gasteiger partial charge in [-0.05, 0) is 6.07 Å². The number of fused-ring (bicyclic) bond motifs is 2. The minimum Gasteiger partial charge on any atom is -0.479 e. The normalized spacial score (nSPS) is 14.7. The molecule has 0 atom stereocenters. The lowest BCUT2D eigenvalue weighted by molar-refractivity contribution is -0.111. The first-order chi connectivity index (χ1) is 9.27. The van der Waals surface area contributed by atoms with Gasteiger partial charge in [-0.2, -0.15) is 0 Å². The molecule has 0 spiro atoms. The minimum atomic E-state index is -1.11. The van der Waals surface area contributed by atoms with Crippen molar-refractivity contribution in [1.82, 2.24) is 9.97 Å². The van der Waals surface area contributed by atoms with E-state index >= 15 is 0 Å². The fourth-order valence-corrected chi connectivity index (χ4v) is 1.23. The van der Waals surface area contributed by atoms with Gasteiger partial charge in [-0.3, -0.25) is 4.79 Å². The van der Waals surface area contributed by atoms with Gasteiger partial charge in [-0.25, -0.2) is 9.97 Å². The van der Waals surface area contributed by atoms with Gasteiger partial charge in [-0.1, -0.05) is 43.9 Å². The molecule has 5 nitrogen and oxygen atoms in total. The molecule has 0 unspecified atom stereocenters. The summed E-state index contributed by atoms with van der Waals surface area (Å²) in [6.45, 7) is 6.31. The number of hydrogen-bond acceptors (Lipinski definition) is 5. The highest BCUT2D eigenvalue weighted by atomic mass is 28.3. The quantitative estimate of drug-likeness (QED) is 0.713. The maximum Gasteiger partial charge on any atom is 0.313 e. The number of rotatable bonds is 0. The Bertz CT molecular complexity index is 528. The second-order valence-corrected chi connectivity index (χ2v) is 10.1. The van der Waals surface area contributed by atoms with E-state index in [9.17, 15) is 4.79 Å². The van der Waals surface area contributed by atoms with Gasteiger partial charge in [0.05, 0.1) is 0 Å². The number of nitrogens with two attached hydrogens (primary N) is 1. The second-order valence-electron chi connectivity index (χ2n) is 5.32. The first kappa shape index (κ1) is 16.0. The van der Waals surface area contributed by atoms with Gasteiger partial charge in [0.15, 0.2) is 5.78 Å². The summed E-state index contributed by atoms with van der Waals surface area (Å²) in [6, 6.07) is 1.46. The molecule has 2 bridgehead atoms. The fraction of sp³-hybridized carbons (Fsp3) is 0.214. The van der Waals surface area contributed by atoms with Crippen LogP contribution in [0.2, 0.25) is 19.6 Å². The van der Waals surface area contributed by atoms with Gasteiger partial charge in [0.2, 0.25) is 0 Å². The molecule has 1 aromatic rings. The average molecular weight is 289 g/mol. The summed E-state index contributed by atoms with van der Waals surface area (Å²) in [5.41, 5.74) is 1.67. The zero-order valence-electron chi connectivity index (χ0n) is 11.9. The zero-order chi connectivity index (χ0) is 15.2. The smallest absolute Gasteiger partial charge is 0.313 e. The number of carbonyl (C=O) groups excluding carboxylic acids is 1. The van der Waals surface area contributed by atoms with Gasteiger partial charge in [0.25, 0.3) is 0 Å². The Kier molecular flexibility index (Phi) is 5.54. The molecule has 0 saturated carbocycles. The maximum absolute atomic E-state index is 10.8. The summed E-state index contributed by atoms with van der Waals surface area (Å²) in [6.07, 6.45) is 10.3. The molecule has 1 heterocycles. The summed E-state index contributed by atoms with van der Waals surface area (Å²) >= 11 is 0. The molecule has 0 radical (unpaired) electrons. The molecule has 106 valence electrons. The van der Waals surface area contributed by atoms with Crippen LogP contribution in [0.25, 0.3) is 0 Å². The summed E-state index contributed by atoms with van der Waals surface area (Å²) < 4.78 is 0. The molecule has 0 fully saturated rings. The first-order valence-electron chi connectivity index (χ1n) is 6.17. The summed E-state index contributed by atoms with van der Waals surface area (Å²) in [5.74, 6) is 0.185. The van der Waals surface area contributed by atoms with E-state index in [2.05, 4.69) is 29.6 Å². The van der Waals surface area contributed by atoms with E-state index in [0.29, 0.717) is 0 Å². The van der Waals surface area contributed by atoms with Crippen molar-refractivity contribution < 1.29 is 9.90 Å². The molecule has 2 aliphatic carbocycles. The fourth-order valence-electron chi connectivity index (χ4n) is 1.23. The molecule has 6 heteroatoms. The molecule has 20 heavy (non-hydrogen) atoms. The van der Waals surface area contributed by atoms with Crippen molar-refractivity contribution in [3.8, 4) is 6.01 Å². The van der Waals surface area contributed by atoms with Crippen molar-refractivity contribution in [2.75, 3.05) is 0 Å². The lowest BCUT2D eigenvalue weighted by Gasteiger charge is -2.02. The highest BCUT2D eigenvalue weighted by Gasteiger charge is 2.19. The zero-order valence-corrected chi connectivity index (χ0v) is 12.9. The SMILES string of the molecule is C[Si](C)(C)N.O=C1C2=CC=C1C=C2.Oc1ncccn1. The number of ketones is 1. The van der Waals surface area contributed by atoms with Crippen molar-refractivity contribution >= 4 is 14.0 Å². The monoisotopic (exact) mass is 289 g/mol. The highest BCUT2D eigenvalue weighted by molar-refractivity contribution is 6.72. The number of hydrogen-bond donors (Lipinski definition) is 2. The number of aromatic hydroxyl groups is 1. The van der Waals surface area contributed by atoms with Gasteiger partial charge in [0, 0.05) is 23.5 Å². The van der Waals surface area contributed by atoms with Crippen molar-refractivity contribution in [1.29, 1.82) is 0 Å². The molecule has 1 aromatic heterocycles. The van der Waals surface area contributed by atoms with E-state index < -0.39 is 8.24 Å². The average Bonchev–Trinajstić information content (AvgIpc) is 2.87. The molecular formula is C14H19N3O2Si. The molecule has 2 aliphatic rings. The second kappa shape index (κ2) is 6.92. The third kappa shape index (κ3) is 6.21. The van der Waals surface area contributed by atoms with E-state index in [0.717, 1.165) is 11.1 Å². The van der Waals surface area contributed by atoms with E-state index in [1.54, 1.807) is 6.07 Å². The molecule has 0 aliphatic heterocycles. The minimum absolute atomic E-state index is 0.178. The summed E-state index contributed by atoms with van der Waals surface area (Å²) in [7, 11) is -1.11. The van der Waals surface area contributed by atoms with Crippen molar-refractivity contribution in [2.45, 2.75) is 19.6 Å². The number of allylic oxidation sites excluding steroid dienone is 6. The molecular weight excluding hydrogens is 270 g/mol. The van der Waals surface area contributed by atoms with Gasteiger partial charge < -0.3 is 10.5 Å². The standard InChI is InChI=1S/C7H4O.C4H4N2O.C3H11NSi/c8-7-5-1-2-6(7)4-3-5;7-4-5-2-1-3-6-4;1-5(2,3)4/h1-4H;1-3H,(H,5,6,7);4H2,1-3H3. The van der Waals surface area contributed by atoms with Crippen LogP contribution in [0.4, 0.5) is 0 Å². The van der Waals surface area contributed by atoms with Crippen LogP contribution < -0.4 is 5.40 Å². The summed E-state index contributed by atoms with van der Waals surface area (Å²) in [5, 5.41) is 13.9. The lowest BCUT2D eigenvalue weighted by atomic mass is 10.2. The van der Waals surface area contributed by atoms with Crippen LogP contribution in [0, 0.1) is 0 Å². The van der Waals surface area contributed by atoms with Crippen molar-refractivity contribution in [3.63, 3.8) is 0 Å². The van der Waals surface area contributed by atoms with Gasteiger partial charge in [-0.15, -0.1) is 0 Å². The number of carbonyl (C=O) groups is 1. The van der Waals surface area contributed by atoms with Gasteiger partial charge in [0.1, 0.15) is 8.24 Å². The molecule has 0 aromatic carbocycles. The predicted octanol–water partition coefficient (Wildman–Crippen LogP) is 1.95. The third-order valence-electron chi connectivity index (χ3n) is 1.96. The highest BCUT2D eigenvalue weighted by Crippen LogP contribution is 2.23. The molecule has 3 rings (SSSR count). The Labute approximate surface area is 119 Å². The number of nitrogens with zero attached hydrogens (tertiary/aromatic N) is 2. The van der Waals surface area contributed by atoms with E-state index in [1.165, 1.54) is 12.4 Å². The Hall–Kier alpha value is -2.05. The van der Waals surface area contributed by atoms with Crippen molar-refractivity contribution in [2.24, 2.45) is 5.40 Å². The van der Waals surface area contributed by atoms with E-state index in [-0.39, 0.29) is 11.8 Å². The van der Waals surface area contributed by atoms with Crippen LogP contribution >= 0.6 is 0 Å². The summed E-state index contributed by atoms with van der Waals surface area (Å²) in [4.78, 5) is 17.6. The van der Waals surface area contributed by atoms with E-state index in [4.69, 9.17) is 10.5 Å². The van der Waals surface area contributed by atoms with E-state index in [1.807, 2.05) is 24.3 Å². The van der Waals surface area contributed by atoms with Crippen LogP contribution in [-0.2, 0) is 4.79 Å². The Morgan fingerprint density at radius 2 is 1.45 bits per heavy atom. The predicted molar refractivity (Wildman–Crippen MR) is 81.5 cm³/mol. The largest absolute Gasteiger partial charge is 0.479 e.